The molecule has 27 heavy (non-hydrogen) atoms. The number of benzene rings is 2. The lowest BCUT2D eigenvalue weighted by Gasteiger charge is -2.34. The fraction of sp³-hybridized carbons (Fsp3) is 0.381. The Morgan fingerprint density at radius 1 is 1.11 bits per heavy atom. The number of amides is 2. The number of methoxy groups -OCH3 is 2. The molecule has 6 heteroatoms. The Kier molecular flexibility index (Phi) is 4.66. The van der Waals surface area contributed by atoms with Gasteiger partial charge in [-0.2, -0.15) is 0 Å². The van der Waals surface area contributed by atoms with Crippen molar-refractivity contribution < 1.29 is 19.4 Å². The van der Waals surface area contributed by atoms with E-state index >= 15 is 0 Å². The van der Waals surface area contributed by atoms with Crippen LogP contribution in [0.3, 0.4) is 0 Å². The van der Waals surface area contributed by atoms with Gasteiger partial charge in [0, 0.05) is 16.8 Å². The normalized spacial score (nSPS) is 17.9. The van der Waals surface area contributed by atoms with Crippen molar-refractivity contribution in [2.75, 3.05) is 26.1 Å². The molecule has 0 saturated carbocycles. The third-order valence-corrected chi connectivity index (χ3v) is 5.43. The van der Waals surface area contributed by atoms with E-state index in [9.17, 15) is 9.90 Å². The summed E-state index contributed by atoms with van der Waals surface area (Å²) >= 11 is 0. The topological polar surface area (TPSA) is 71.0 Å². The molecule has 2 aromatic carbocycles. The molecule has 1 atom stereocenters. The number of aliphatic hydroxyl groups is 1. The molecule has 1 aliphatic carbocycles. The van der Waals surface area contributed by atoms with E-state index in [0.29, 0.717) is 23.6 Å². The van der Waals surface area contributed by atoms with Crippen LogP contribution in [0.15, 0.2) is 30.3 Å². The zero-order valence-corrected chi connectivity index (χ0v) is 15.6. The van der Waals surface area contributed by atoms with Crippen LogP contribution in [0.1, 0.15) is 34.8 Å². The Hall–Kier alpha value is -2.73. The number of aliphatic hydroxyl groups excluding tert-OH is 1. The highest BCUT2D eigenvalue weighted by atomic mass is 16.5. The van der Waals surface area contributed by atoms with Crippen LogP contribution in [0.4, 0.5) is 10.5 Å². The molecule has 1 aliphatic heterocycles. The summed E-state index contributed by atoms with van der Waals surface area (Å²) < 4.78 is 10.8. The molecule has 0 radical (unpaired) electrons. The van der Waals surface area contributed by atoms with Crippen LogP contribution in [0.2, 0.25) is 0 Å². The van der Waals surface area contributed by atoms with Crippen molar-refractivity contribution in [1.82, 2.24) is 4.90 Å². The second kappa shape index (κ2) is 7.12. The van der Waals surface area contributed by atoms with Crippen molar-refractivity contribution in [3.05, 3.63) is 52.6 Å². The third kappa shape index (κ3) is 3.21. The standard InChI is InChI=1S/C21H24N2O4/c1-26-18-8-9-19(27-2)20-16(18)11-23(12-17(20)24)21(25)22-15-7-6-13-4-3-5-14(13)10-15/h6-10,17,24H,3-5,11-12H2,1-2H3,(H,22,25). The molecule has 1 heterocycles. The van der Waals surface area contributed by atoms with Crippen molar-refractivity contribution in [2.45, 2.75) is 31.9 Å². The molecule has 4 rings (SSSR count). The van der Waals surface area contributed by atoms with Crippen molar-refractivity contribution in [3.8, 4) is 11.5 Å². The van der Waals surface area contributed by atoms with E-state index < -0.39 is 6.10 Å². The number of nitrogens with one attached hydrogen (secondary N) is 1. The van der Waals surface area contributed by atoms with Crippen molar-refractivity contribution in [2.24, 2.45) is 0 Å². The summed E-state index contributed by atoms with van der Waals surface area (Å²) in [6, 6.07) is 9.43. The number of carbonyl (C=O) groups is 1. The van der Waals surface area contributed by atoms with Gasteiger partial charge < -0.3 is 24.8 Å². The molecule has 0 spiro atoms. The number of nitrogens with zero attached hydrogens (tertiary/aromatic N) is 1. The van der Waals surface area contributed by atoms with Gasteiger partial charge in [0.1, 0.15) is 17.6 Å². The largest absolute Gasteiger partial charge is 0.496 e. The van der Waals surface area contributed by atoms with E-state index in [2.05, 4.69) is 17.4 Å². The maximum atomic E-state index is 12.8. The summed E-state index contributed by atoms with van der Waals surface area (Å²) in [7, 11) is 3.15. The summed E-state index contributed by atoms with van der Waals surface area (Å²) in [6.07, 6.45) is 2.51. The quantitative estimate of drug-likeness (QED) is 0.872. The molecule has 0 aromatic heterocycles. The highest BCUT2D eigenvalue weighted by Gasteiger charge is 2.32. The lowest BCUT2D eigenvalue weighted by molar-refractivity contribution is 0.105. The first-order chi connectivity index (χ1) is 13.1. The highest BCUT2D eigenvalue weighted by molar-refractivity contribution is 5.89. The predicted molar refractivity (Wildman–Crippen MR) is 102 cm³/mol. The summed E-state index contributed by atoms with van der Waals surface area (Å²) in [6.45, 7) is 0.552. The molecular weight excluding hydrogens is 344 g/mol. The molecule has 1 unspecified atom stereocenters. The number of rotatable bonds is 3. The smallest absolute Gasteiger partial charge is 0.322 e. The lowest BCUT2D eigenvalue weighted by Crippen LogP contribution is -2.41. The number of urea groups is 1. The molecular formula is C21H24N2O4. The van der Waals surface area contributed by atoms with Crippen molar-refractivity contribution in [1.29, 1.82) is 0 Å². The highest BCUT2D eigenvalue weighted by Crippen LogP contribution is 2.39. The average molecular weight is 368 g/mol. The van der Waals surface area contributed by atoms with E-state index in [1.54, 1.807) is 31.3 Å². The number of hydrogen-bond acceptors (Lipinski definition) is 4. The Morgan fingerprint density at radius 3 is 2.63 bits per heavy atom. The molecule has 6 nitrogen and oxygen atoms in total. The third-order valence-electron chi connectivity index (χ3n) is 5.43. The molecule has 2 N–H and O–H groups in total. The van der Waals surface area contributed by atoms with E-state index in [1.165, 1.54) is 17.5 Å². The summed E-state index contributed by atoms with van der Waals surface area (Å²) in [5, 5.41) is 13.6. The van der Waals surface area contributed by atoms with Crippen molar-refractivity contribution in [3.63, 3.8) is 0 Å². The molecule has 2 aliphatic rings. The maximum Gasteiger partial charge on any atom is 0.322 e. The van der Waals surface area contributed by atoms with Crippen LogP contribution in [0.5, 0.6) is 11.5 Å². The monoisotopic (exact) mass is 368 g/mol. The number of fused-ring (bicyclic) bond motifs is 2. The van der Waals surface area contributed by atoms with Crippen LogP contribution < -0.4 is 14.8 Å². The summed E-state index contributed by atoms with van der Waals surface area (Å²) in [5.41, 5.74) is 4.94. The van der Waals surface area contributed by atoms with Crippen LogP contribution in [0.25, 0.3) is 0 Å². The summed E-state index contributed by atoms with van der Waals surface area (Å²) in [4.78, 5) is 14.4. The Balaban J connectivity index is 1.56. The minimum Gasteiger partial charge on any atom is -0.496 e. The fourth-order valence-corrected chi connectivity index (χ4v) is 4.08. The van der Waals surface area contributed by atoms with Crippen LogP contribution in [0, 0.1) is 0 Å². The van der Waals surface area contributed by atoms with Gasteiger partial charge in [0.05, 0.1) is 27.3 Å². The minimum absolute atomic E-state index is 0.202. The van der Waals surface area contributed by atoms with E-state index in [4.69, 9.17) is 9.47 Å². The zero-order chi connectivity index (χ0) is 19.0. The van der Waals surface area contributed by atoms with Gasteiger partial charge in [-0.15, -0.1) is 0 Å². The first-order valence-corrected chi connectivity index (χ1v) is 9.20. The zero-order valence-electron chi connectivity index (χ0n) is 15.6. The number of anilines is 1. The molecule has 0 saturated heterocycles. The van der Waals surface area contributed by atoms with Crippen LogP contribution >= 0.6 is 0 Å². The van der Waals surface area contributed by atoms with Gasteiger partial charge >= 0.3 is 6.03 Å². The number of β-amino-alcohol motifs (C(OH)–C–C–N with tert-alkyl or cyclic N) is 1. The Morgan fingerprint density at radius 2 is 1.85 bits per heavy atom. The fourth-order valence-electron chi connectivity index (χ4n) is 4.08. The van der Waals surface area contributed by atoms with Gasteiger partial charge in [-0.05, 0) is 54.7 Å². The van der Waals surface area contributed by atoms with Gasteiger partial charge in [-0.3, -0.25) is 0 Å². The first kappa shape index (κ1) is 17.7. The maximum absolute atomic E-state index is 12.8. The first-order valence-electron chi connectivity index (χ1n) is 9.20. The molecule has 2 amide bonds. The van der Waals surface area contributed by atoms with Crippen LogP contribution in [-0.2, 0) is 19.4 Å². The average Bonchev–Trinajstić information content (AvgIpc) is 3.14. The van der Waals surface area contributed by atoms with Gasteiger partial charge in [0.25, 0.3) is 0 Å². The predicted octanol–water partition coefficient (Wildman–Crippen LogP) is 3.27. The van der Waals surface area contributed by atoms with Crippen molar-refractivity contribution >= 4 is 11.7 Å². The van der Waals surface area contributed by atoms with E-state index in [0.717, 1.165) is 24.1 Å². The lowest BCUT2D eigenvalue weighted by atomic mass is 9.95. The molecule has 0 bridgehead atoms. The molecule has 142 valence electrons. The second-order valence-electron chi connectivity index (χ2n) is 7.03. The number of ether oxygens (including phenoxy) is 2. The molecule has 0 fully saturated rings. The SMILES string of the molecule is COc1ccc(OC)c2c1CN(C(=O)Nc1ccc3c(c1)CCC3)CC2O. The second-order valence-corrected chi connectivity index (χ2v) is 7.03. The number of hydrogen-bond donors (Lipinski definition) is 2. The van der Waals surface area contributed by atoms with Gasteiger partial charge in [0.15, 0.2) is 0 Å². The summed E-state index contributed by atoms with van der Waals surface area (Å²) in [5.74, 6) is 1.25. The van der Waals surface area contributed by atoms with E-state index in [1.807, 2.05) is 6.07 Å². The van der Waals surface area contributed by atoms with Gasteiger partial charge in [-0.25, -0.2) is 4.79 Å². The molecule has 2 aromatic rings. The van der Waals surface area contributed by atoms with Crippen LogP contribution in [-0.4, -0.2) is 36.8 Å². The van der Waals surface area contributed by atoms with E-state index in [-0.39, 0.29) is 12.6 Å². The number of aryl methyl sites for hydroxylation is 2. The minimum atomic E-state index is -0.829. The number of carbonyl (C=O) groups excluding carboxylic acids is 1. The van der Waals surface area contributed by atoms with Gasteiger partial charge in [0.2, 0.25) is 0 Å². The Labute approximate surface area is 158 Å². The van der Waals surface area contributed by atoms with Gasteiger partial charge in [-0.1, -0.05) is 6.07 Å². The Bertz CT molecular complexity index is 881.